The van der Waals surface area contributed by atoms with Gasteiger partial charge in [0.2, 0.25) is 5.91 Å². The molecule has 0 N–H and O–H groups in total. The predicted molar refractivity (Wildman–Crippen MR) is 46.8 cm³/mol. The van der Waals surface area contributed by atoms with Gasteiger partial charge in [0.05, 0.1) is 16.7 Å². The zero-order valence-electron chi connectivity index (χ0n) is 6.34. The summed E-state index contributed by atoms with van der Waals surface area (Å²) in [4.78, 5) is 12.7. The quantitative estimate of drug-likeness (QED) is 0.425. The number of carbonyl (C=O) groups is 1. The van der Waals surface area contributed by atoms with E-state index in [0.717, 1.165) is 18.7 Å². The fourth-order valence-corrected chi connectivity index (χ4v) is 3.02. The van der Waals surface area contributed by atoms with Gasteiger partial charge in [0, 0.05) is 12.3 Å². The van der Waals surface area contributed by atoms with E-state index in [0.29, 0.717) is 5.37 Å². The molecule has 2 heterocycles. The van der Waals surface area contributed by atoms with Gasteiger partial charge in [-0.25, -0.2) is 0 Å². The average molecular weight is 192 g/mol. The molecule has 2 nitrogen and oxygen atoms in total. The van der Waals surface area contributed by atoms with E-state index in [-0.39, 0.29) is 10.8 Å². The molecular formula is C7H10ClNOS. The maximum atomic E-state index is 11.0. The van der Waals surface area contributed by atoms with Crippen LogP contribution in [0.2, 0.25) is 0 Å². The van der Waals surface area contributed by atoms with Crippen LogP contribution >= 0.6 is 23.4 Å². The zero-order valence-corrected chi connectivity index (χ0v) is 7.91. The lowest BCUT2D eigenvalue weighted by molar-refractivity contribution is -0.142. The molecular weight excluding hydrogens is 182 g/mol. The number of thioether (sulfide) groups is 1. The maximum absolute atomic E-state index is 11.0. The lowest BCUT2D eigenvalue weighted by Crippen LogP contribution is -2.59. The van der Waals surface area contributed by atoms with Crippen LogP contribution in [-0.4, -0.2) is 33.4 Å². The molecule has 1 amide bonds. The summed E-state index contributed by atoms with van der Waals surface area (Å²) in [6.07, 6.45) is 0.720. The van der Waals surface area contributed by atoms with Gasteiger partial charge in [-0.15, -0.1) is 23.4 Å². The summed E-state index contributed by atoms with van der Waals surface area (Å²) in [5.41, 5.74) is 0. The summed E-state index contributed by atoms with van der Waals surface area (Å²) in [6.45, 7) is 2.72. The Kier molecular flexibility index (Phi) is 1.62. The van der Waals surface area contributed by atoms with E-state index in [2.05, 4.69) is 0 Å². The number of fused-ring (bicyclic) bond motifs is 1. The molecule has 0 aromatic carbocycles. The maximum Gasteiger partial charge on any atom is 0.226 e. The van der Waals surface area contributed by atoms with Gasteiger partial charge in [-0.1, -0.05) is 0 Å². The van der Waals surface area contributed by atoms with Crippen LogP contribution in [0.5, 0.6) is 0 Å². The van der Waals surface area contributed by atoms with Crippen LogP contribution in [0.4, 0.5) is 0 Å². The molecule has 0 aliphatic carbocycles. The fraction of sp³-hybridized carbons (Fsp3) is 0.857. The molecule has 1 unspecified atom stereocenters. The molecule has 0 bridgehead atoms. The molecule has 62 valence electrons. The minimum absolute atomic E-state index is 0.197. The molecule has 2 aliphatic heterocycles. The van der Waals surface area contributed by atoms with Crippen molar-refractivity contribution >= 4 is 29.3 Å². The molecule has 2 fully saturated rings. The molecule has 2 saturated heterocycles. The van der Waals surface area contributed by atoms with Crippen LogP contribution in [0.1, 0.15) is 13.3 Å². The Balaban J connectivity index is 2.06. The molecule has 0 spiro atoms. The number of β-lactam (4-membered cyclic amide) rings is 1. The molecule has 2 aliphatic rings. The van der Waals surface area contributed by atoms with Crippen molar-refractivity contribution < 1.29 is 4.79 Å². The predicted octanol–water partition coefficient (Wildman–Crippen LogP) is 1.29. The third-order valence-corrected chi connectivity index (χ3v) is 4.12. The first kappa shape index (κ1) is 7.74. The van der Waals surface area contributed by atoms with Crippen LogP contribution in [-0.2, 0) is 4.79 Å². The minimum atomic E-state index is -0.197. The minimum Gasteiger partial charge on any atom is -0.328 e. The normalized spacial score (nSPS) is 43.3. The third-order valence-electron chi connectivity index (χ3n) is 2.09. The summed E-state index contributed by atoms with van der Waals surface area (Å²) < 4.78 is 0. The topological polar surface area (TPSA) is 20.3 Å². The number of carbonyl (C=O) groups excluding carboxylic acids is 1. The number of nitrogens with zero attached hydrogens (tertiary/aromatic N) is 1. The van der Waals surface area contributed by atoms with E-state index in [1.807, 2.05) is 11.8 Å². The summed E-state index contributed by atoms with van der Waals surface area (Å²) in [5, 5.41) is 0.439. The number of rotatable bonds is 0. The third kappa shape index (κ3) is 1.25. The first-order chi connectivity index (χ1) is 5.08. The molecule has 4 heteroatoms. The van der Waals surface area contributed by atoms with E-state index < -0.39 is 0 Å². The van der Waals surface area contributed by atoms with Gasteiger partial charge in [0.25, 0.3) is 0 Å². The largest absolute Gasteiger partial charge is 0.328 e. The van der Waals surface area contributed by atoms with E-state index in [9.17, 15) is 4.79 Å². The Hall–Kier alpha value is 0.110. The first-order valence-electron chi connectivity index (χ1n) is 3.68. The molecule has 11 heavy (non-hydrogen) atoms. The summed E-state index contributed by atoms with van der Waals surface area (Å²) in [5.74, 6) is 1.22. The highest BCUT2D eigenvalue weighted by Crippen LogP contribution is 2.39. The van der Waals surface area contributed by atoms with Gasteiger partial charge in [0.15, 0.2) is 0 Å². The number of alkyl halides is 1. The fourth-order valence-electron chi connectivity index (χ4n) is 1.43. The summed E-state index contributed by atoms with van der Waals surface area (Å²) in [7, 11) is 0. The van der Waals surface area contributed by atoms with Gasteiger partial charge in [-0.2, -0.15) is 0 Å². The lowest BCUT2D eigenvalue weighted by atomic mass is 10.1. The SMILES string of the molecule is CC1(Cl)CS[C@@H]2CC(=O)N2C1. The summed E-state index contributed by atoms with van der Waals surface area (Å²) in [6, 6.07) is 0. The standard InChI is InChI=1S/C7H10ClNOS/c1-7(8)3-9-5(10)2-6(9)11-4-7/h6H,2-4H2,1H3/t6-,7?/m1/s1. The van der Waals surface area contributed by atoms with E-state index >= 15 is 0 Å². The van der Waals surface area contributed by atoms with Crippen LogP contribution in [0, 0.1) is 0 Å². The number of hydrogen-bond donors (Lipinski definition) is 0. The summed E-state index contributed by atoms with van der Waals surface area (Å²) >= 11 is 7.91. The average Bonchev–Trinajstić information content (AvgIpc) is 1.92. The van der Waals surface area contributed by atoms with E-state index in [4.69, 9.17) is 11.6 Å². The van der Waals surface area contributed by atoms with Crippen molar-refractivity contribution in [2.45, 2.75) is 23.6 Å². The van der Waals surface area contributed by atoms with Gasteiger partial charge >= 0.3 is 0 Å². The van der Waals surface area contributed by atoms with Crippen molar-refractivity contribution in [2.75, 3.05) is 12.3 Å². The molecule has 2 atom stereocenters. The van der Waals surface area contributed by atoms with E-state index in [1.165, 1.54) is 0 Å². The van der Waals surface area contributed by atoms with E-state index in [1.54, 1.807) is 11.8 Å². The van der Waals surface area contributed by atoms with Crippen molar-refractivity contribution in [1.29, 1.82) is 0 Å². The number of halogens is 1. The number of hydrogen-bond acceptors (Lipinski definition) is 2. The molecule has 0 aromatic rings. The smallest absolute Gasteiger partial charge is 0.226 e. The Morgan fingerprint density at radius 2 is 2.55 bits per heavy atom. The Bertz CT molecular complexity index is 207. The van der Waals surface area contributed by atoms with Crippen LogP contribution in [0.15, 0.2) is 0 Å². The lowest BCUT2D eigenvalue weighted by Gasteiger charge is -2.48. The van der Waals surface area contributed by atoms with Crippen LogP contribution < -0.4 is 0 Å². The van der Waals surface area contributed by atoms with Crippen molar-refractivity contribution in [3.63, 3.8) is 0 Å². The highest BCUT2D eigenvalue weighted by Gasteiger charge is 2.44. The van der Waals surface area contributed by atoms with Crippen molar-refractivity contribution in [1.82, 2.24) is 4.90 Å². The Labute approximate surface area is 75.3 Å². The second-order valence-corrected chi connectivity index (χ2v) is 5.48. The van der Waals surface area contributed by atoms with Gasteiger partial charge in [-0.05, 0) is 6.92 Å². The first-order valence-corrected chi connectivity index (χ1v) is 5.11. The molecule has 0 radical (unpaired) electrons. The highest BCUT2D eigenvalue weighted by molar-refractivity contribution is 8.00. The van der Waals surface area contributed by atoms with Gasteiger partial charge in [0.1, 0.15) is 0 Å². The van der Waals surface area contributed by atoms with Crippen LogP contribution in [0.3, 0.4) is 0 Å². The molecule has 0 aromatic heterocycles. The second kappa shape index (κ2) is 2.30. The Morgan fingerprint density at radius 3 is 3.09 bits per heavy atom. The van der Waals surface area contributed by atoms with Crippen molar-refractivity contribution in [3.8, 4) is 0 Å². The van der Waals surface area contributed by atoms with Gasteiger partial charge < -0.3 is 4.90 Å². The van der Waals surface area contributed by atoms with Crippen molar-refractivity contribution in [2.24, 2.45) is 0 Å². The van der Waals surface area contributed by atoms with Crippen molar-refractivity contribution in [3.05, 3.63) is 0 Å². The van der Waals surface area contributed by atoms with Crippen LogP contribution in [0.25, 0.3) is 0 Å². The molecule has 2 rings (SSSR count). The molecule has 0 saturated carbocycles. The second-order valence-electron chi connectivity index (χ2n) is 3.40. The Morgan fingerprint density at radius 1 is 1.82 bits per heavy atom. The monoisotopic (exact) mass is 191 g/mol. The highest BCUT2D eigenvalue weighted by atomic mass is 35.5. The van der Waals surface area contributed by atoms with Gasteiger partial charge in [-0.3, -0.25) is 4.79 Å². The number of amides is 1. The zero-order chi connectivity index (χ0) is 8.06.